The molecule has 68 heavy (non-hydrogen) atoms. The van der Waals surface area contributed by atoms with Gasteiger partial charge >= 0.3 is 0 Å². The van der Waals surface area contributed by atoms with Gasteiger partial charge in [0.1, 0.15) is 0 Å². The molecule has 8 aromatic carbocycles. The Morgan fingerprint density at radius 2 is 1.09 bits per heavy atom. The van der Waals surface area contributed by atoms with E-state index in [4.69, 9.17) is 9.97 Å². The zero-order valence-electron chi connectivity index (χ0n) is 38.8. The van der Waals surface area contributed by atoms with Gasteiger partial charge in [0, 0.05) is 64.6 Å². The van der Waals surface area contributed by atoms with Crippen molar-refractivity contribution in [1.29, 1.82) is 0 Å². The van der Waals surface area contributed by atoms with E-state index in [1.807, 2.05) is 24.4 Å². The first kappa shape index (κ1) is 42.0. The standard InChI is InChI=1S/C37H22N3.C25H25N2.Ir/c1-20-16-30(38-19-21(20)2)27-15-14-26-23-9-4-6-13-32(23)40-34-17-28-25-11-7-10-24-22-8-3-5-12-31(22)39(36(24)25)33(28)18-29(34)35(27)37(26)40;1-17(2)20-13-10-14-21(18(3)4)24(20)27-23-16-9-8-15-22(23)26-25(27)19-11-6-5-7-12-19;/h3-14,16-19H,1-2H3;5-11,13-18H,1-4H3;/q2*-1;. The van der Waals surface area contributed by atoms with Crippen LogP contribution in [0.3, 0.4) is 0 Å². The molecule has 6 aromatic heterocycles. The van der Waals surface area contributed by atoms with Crippen LogP contribution in [0.25, 0.3) is 116 Å². The first-order valence-corrected chi connectivity index (χ1v) is 23.5. The zero-order valence-corrected chi connectivity index (χ0v) is 41.2. The van der Waals surface area contributed by atoms with E-state index in [2.05, 4.69) is 207 Å². The Labute approximate surface area is 408 Å². The molecule has 0 saturated carbocycles. The summed E-state index contributed by atoms with van der Waals surface area (Å²) in [5.74, 6) is 1.80. The molecule has 6 heteroatoms. The van der Waals surface area contributed by atoms with E-state index in [0.29, 0.717) is 11.8 Å². The van der Waals surface area contributed by atoms with Crippen LogP contribution in [0.4, 0.5) is 0 Å². The van der Waals surface area contributed by atoms with Crippen molar-refractivity contribution >= 4 is 87.2 Å². The summed E-state index contributed by atoms with van der Waals surface area (Å²) in [4.78, 5) is 9.89. The Hall–Kier alpha value is -7.37. The number of aryl methyl sites for hydroxylation is 2. The predicted octanol–water partition coefficient (Wildman–Crippen LogP) is 16.2. The molecule has 0 N–H and O–H groups in total. The van der Waals surface area contributed by atoms with Crippen molar-refractivity contribution in [2.45, 2.75) is 53.4 Å². The normalized spacial score (nSPS) is 12.1. The molecule has 0 unspecified atom stereocenters. The fraction of sp³-hybridized carbons (Fsp3) is 0.129. The number of imidazole rings is 1. The summed E-state index contributed by atoms with van der Waals surface area (Å²) in [6.07, 6.45) is 1.99. The van der Waals surface area contributed by atoms with Crippen LogP contribution >= 0.6 is 0 Å². The first-order chi connectivity index (χ1) is 32.8. The van der Waals surface area contributed by atoms with E-state index in [-0.39, 0.29) is 20.1 Å². The third kappa shape index (κ3) is 6.03. The molecule has 1 radical (unpaired) electrons. The third-order valence-corrected chi connectivity index (χ3v) is 14.3. The second-order valence-corrected chi connectivity index (χ2v) is 18.9. The second-order valence-electron chi connectivity index (χ2n) is 18.9. The molecule has 14 aromatic rings. The summed E-state index contributed by atoms with van der Waals surface area (Å²) >= 11 is 0. The number of fused-ring (bicyclic) bond motifs is 13. The van der Waals surface area contributed by atoms with Crippen LogP contribution in [0, 0.1) is 26.0 Å². The van der Waals surface area contributed by atoms with Crippen LogP contribution in [-0.2, 0) is 20.1 Å². The van der Waals surface area contributed by atoms with E-state index in [1.165, 1.54) is 104 Å². The molecule has 0 aliphatic rings. The van der Waals surface area contributed by atoms with Gasteiger partial charge in [-0.1, -0.05) is 135 Å². The average Bonchev–Trinajstić information content (AvgIpc) is 4.16. The van der Waals surface area contributed by atoms with E-state index < -0.39 is 0 Å². The maximum atomic E-state index is 4.99. The number of aromatic nitrogens is 5. The van der Waals surface area contributed by atoms with Crippen molar-refractivity contribution in [3.63, 3.8) is 0 Å². The fourth-order valence-electron chi connectivity index (χ4n) is 11.1. The van der Waals surface area contributed by atoms with Crippen molar-refractivity contribution in [3.05, 3.63) is 198 Å². The van der Waals surface area contributed by atoms with Crippen molar-refractivity contribution < 1.29 is 20.1 Å². The number of benzene rings is 8. The molecule has 0 aliphatic heterocycles. The van der Waals surface area contributed by atoms with Crippen LogP contribution in [0.5, 0.6) is 0 Å². The molecule has 0 aliphatic carbocycles. The summed E-state index contributed by atoms with van der Waals surface area (Å²) < 4.78 is 7.28. The van der Waals surface area contributed by atoms with Gasteiger partial charge in [-0.25, -0.2) is 0 Å². The van der Waals surface area contributed by atoms with Gasteiger partial charge in [0.15, 0.2) is 0 Å². The van der Waals surface area contributed by atoms with Gasteiger partial charge in [-0.05, 0) is 101 Å². The van der Waals surface area contributed by atoms with E-state index in [1.54, 1.807) is 0 Å². The third-order valence-electron chi connectivity index (χ3n) is 14.3. The Balaban J connectivity index is 0.000000151. The van der Waals surface area contributed by atoms with Gasteiger partial charge in [0.05, 0.1) is 33.4 Å². The number of rotatable bonds is 5. The van der Waals surface area contributed by atoms with E-state index in [0.717, 1.165) is 33.7 Å². The van der Waals surface area contributed by atoms with Gasteiger partial charge in [0.25, 0.3) is 0 Å². The summed E-state index contributed by atoms with van der Waals surface area (Å²) in [7, 11) is 0. The van der Waals surface area contributed by atoms with Gasteiger partial charge < -0.3 is 18.4 Å². The van der Waals surface area contributed by atoms with Crippen LogP contribution in [0.1, 0.15) is 61.8 Å². The van der Waals surface area contributed by atoms with Gasteiger partial charge in [-0.15, -0.1) is 53.6 Å². The minimum Gasteiger partial charge on any atom is -0.333 e. The predicted molar refractivity (Wildman–Crippen MR) is 281 cm³/mol. The molecule has 0 atom stereocenters. The van der Waals surface area contributed by atoms with Crippen LogP contribution < -0.4 is 0 Å². The number of hydrogen-bond donors (Lipinski definition) is 0. The van der Waals surface area contributed by atoms with Crippen LogP contribution in [0.2, 0.25) is 0 Å². The maximum absolute atomic E-state index is 4.99. The Kier molecular flexibility index (Phi) is 9.81. The van der Waals surface area contributed by atoms with Gasteiger partial charge in [0.2, 0.25) is 0 Å². The summed E-state index contributed by atoms with van der Waals surface area (Å²) in [6, 6.07) is 63.7. The summed E-state index contributed by atoms with van der Waals surface area (Å²) in [6.45, 7) is 13.3. The quantitative estimate of drug-likeness (QED) is 0.161. The number of nitrogens with zero attached hydrogens (tertiary/aromatic N) is 5. The minimum atomic E-state index is 0. The van der Waals surface area contributed by atoms with Crippen molar-refractivity contribution in [1.82, 2.24) is 23.3 Å². The summed E-state index contributed by atoms with van der Waals surface area (Å²) in [5.41, 5.74) is 19.2. The molecule has 5 nitrogen and oxygen atoms in total. The maximum Gasteiger partial charge on any atom is 0.0774 e. The number of hydrogen-bond acceptors (Lipinski definition) is 2. The Morgan fingerprint density at radius 1 is 0.500 bits per heavy atom. The Morgan fingerprint density at radius 3 is 1.78 bits per heavy atom. The molecule has 0 bridgehead atoms. The monoisotopic (exact) mass is 1050 g/mol. The average molecular weight is 1050 g/mol. The molecule has 0 amide bonds. The smallest absolute Gasteiger partial charge is 0.0774 e. The summed E-state index contributed by atoms with van der Waals surface area (Å²) in [5, 5.41) is 10.2. The SMILES string of the molecule is CC(C)c1cccc(C(C)C)c1-n1c(-c2[c-]cccc2)nc2ccccc21.Cc1cnc(-c2[c-]cc3c4ccccc4n4c5cc6c7cccc8c9ccccc9n(c6cc5c2c34)c87)cc1C.[Ir]. The van der Waals surface area contributed by atoms with Crippen molar-refractivity contribution in [2.24, 2.45) is 0 Å². The van der Waals surface area contributed by atoms with Crippen LogP contribution in [0.15, 0.2) is 164 Å². The van der Waals surface area contributed by atoms with E-state index in [9.17, 15) is 0 Å². The van der Waals surface area contributed by atoms with E-state index >= 15 is 0 Å². The molecular formula is C62H47IrN5-2. The van der Waals surface area contributed by atoms with Crippen LogP contribution in [-0.4, -0.2) is 23.3 Å². The Bertz CT molecular complexity index is 4220. The van der Waals surface area contributed by atoms with Gasteiger partial charge in [-0.2, -0.15) is 0 Å². The molecule has 6 heterocycles. The number of para-hydroxylation sites is 6. The second kappa shape index (κ2) is 15.9. The van der Waals surface area contributed by atoms with Crippen molar-refractivity contribution in [2.75, 3.05) is 0 Å². The fourth-order valence-corrected chi connectivity index (χ4v) is 11.1. The molecule has 331 valence electrons. The molecular weight excluding hydrogens is 1010 g/mol. The molecule has 0 spiro atoms. The molecule has 14 rings (SSSR count). The van der Waals surface area contributed by atoms with Gasteiger partial charge in [-0.3, -0.25) is 4.98 Å². The largest absolute Gasteiger partial charge is 0.333 e. The topological polar surface area (TPSA) is 39.5 Å². The first-order valence-electron chi connectivity index (χ1n) is 23.5. The van der Waals surface area contributed by atoms with Crippen molar-refractivity contribution in [3.8, 4) is 28.3 Å². The molecule has 0 fully saturated rings. The number of pyridine rings is 1. The minimum absolute atomic E-state index is 0. The zero-order chi connectivity index (χ0) is 45.2. The molecule has 0 saturated heterocycles.